The van der Waals surface area contributed by atoms with E-state index in [1.165, 1.54) is 7.11 Å². The molecule has 0 aliphatic carbocycles. The third-order valence-electron chi connectivity index (χ3n) is 2.48. The van der Waals surface area contributed by atoms with Crippen LogP contribution in [0.15, 0.2) is 0 Å². The summed E-state index contributed by atoms with van der Waals surface area (Å²) in [6.07, 6.45) is -0.912. The summed E-state index contributed by atoms with van der Waals surface area (Å²) in [6, 6.07) is 0. The van der Waals surface area contributed by atoms with E-state index in [0.29, 0.717) is 13.2 Å². The van der Waals surface area contributed by atoms with Gasteiger partial charge in [0.2, 0.25) is 0 Å². The zero-order valence-electron chi connectivity index (χ0n) is 10.5. The zero-order chi connectivity index (χ0) is 12.5. The third kappa shape index (κ3) is 5.45. The number of carbonyl (C=O) groups is 1. The fourth-order valence-electron chi connectivity index (χ4n) is 1.55. The average Bonchev–Trinajstić information content (AvgIpc) is 2.37. The minimum Gasteiger partial charge on any atom is -0.461 e. The molecule has 6 heteroatoms. The highest BCUT2D eigenvalue weighted by atomic mass is 16.7. The first kappa shape index (κ1) is 14.4. The van der Waals surface area contributed by atoms with E-state index < -0.39 is 12.3 Å². The molecule has 1 heterocycles. The highest BCUT2D eigenvalue weighted by Crippen LogP contribution is 1.99. The van der Waals surface area contributed by atoms with Crippen molar-refractivity contribution < 1.29 is 23.7 Å². The van der Waals surface area contributed by atoms with Crippen molar-refractivity contribution in [3.8, 4) is 0 Å². The molecule has 100 valence electrons. The molecule has 0 bridgehead atoms. The van der Waals surface area contributed by atoms with Gasteiger partial charge in [0.15, 0.2) is 0 Å². The number of hydrogen-bond donors (Lipinski definition) is 0. The monoisotopic (exact) mass is 247 g/mol. The van der Waals surface area contributed by atoms with Crippen LogP contribution in [-0.4, -0.2) is 70.3 Å². The summed E-state index contributed by atoms with van der Waals surface area (Å²) in [6.45, 7) is 6.54. The number of hydrogen-bond acceptors (Lipinski definition) is 6. The summed E-state index contributed by atoms with van der Waals surface area (Å²) in [4.78, 5) is 13.7. The van der Waals surface area contributed by atoms with E-state index in [9.17, 15) is 4.79 Å². The van der Waals surface area contributed by atoms with Crippen molar-refractivity contribution in [1.29, 1.82) is 0 Å². The number of carbonyl (C=O) groups excluding carboxylic acids is 1. The van der Waals surface area contributed by atoms with Crippen LogP contribution in [-0.2, 0) is 23.7 Å². The molecule has 1 atom stereocenters. The molecule has 1 unspecified atom stereocenters. The van der Waals surface area contributed by atoms with E-state index in [4.69, 9.17) is 18.9 Å². The number of methoxy groups -OCH3 is 1. The van der Waals surface area contributed by atoms with Crippen LogP contribution in [0.1, 0.15) is 6.92 Å². The van der Waals surface area contributed by atoms with Gasteiger partial charge in [-0.25, -0.2) is 4.79 Å². The normalized spacial score (nSPS) is 18.9. The third-order valence-corrected chi connectivity index (χ3v) is 2.48. The fourth-order valence-corrected chi connectivity index (χ4v) is 1.55. The van der Waals surface area contributed by atoms with Gasteiger partial charge in [0, 0.05) is 33.4 Å². The van der Waals surface area contributed by atoms with E-state index in [2.05, 4.69) is 4.90 Å². The molecule has 6 nitrogen and oxygen atoms in total. The van der Waals surface area contributed by atoms with E-state index in [0.717, 1.165) is 32.8 Å². The molecule has 1 aliphatic rings. The van der Waals surface area contributed by atoms with Gasteiger partial charge >= 0.3 is 5.97 Å². The SMILES string of the molecule is CCOC(OC)C(=O)OCCN1CCOCC1. The Bertz CT molecular complexity index is 218. The van der Waals surface area contributed by atoms with Gasteiger partial charge in [0.25, 0.3) is 6.29 Å². The Balaban J connectivity index is 2.13. The number of ether oxygens (including phenoxy) is 4. The molecule has 0 amide bonds. The summed E-state index contributed by atoms with van der Waals surface area (Å²) in [5.74, 6) is -0.470. The summed E-state index contributed by atoms with van der Waals surface area (Å²) in [5.41, 5.74) is 0. The van der Waals surface area contributed by atoms with Gasteiger partial charge in [-0.15, -0.1) is 0 Å². The summed E-state index contributed by atoms with van der Waals surface area (Å²) < 4.78 is 20.2. The molecular formula is C11H21NO5. The topological polar surface area (TPSA) is 57.2 Å². The van der Waals surface area contributed by atoms with Gasteiger partial charge in [-0.1, -0.05) is 0 Å². The van der Waals surface area contributed by atoms with Crippen LogP contribution in [0, 0.1) is 0 Å². The lowest BCUT2D eigenvalue weighted by Crippen LogP contribution is -2.39. The van der Waals surface area contributed by atoms with Crippen molar-refractivity contribution in [3.05, 3.63) is 0 Å². The van der Waals surface area contributed by atoms with Crippen LogP contribution >= 0.6 is 0 Å². The van der Waals surface area contributed by atoms with Gasteiger partial charge in [-0.05, 0) is 6.92 Å². The van der Waals surface area contributed by atoms with Crippen molar-refractivity contribution in [2.45, 2.75) is 13.2 Å². The lowest BCUT2D eigenvalue weighted by atomic mass is 10.4. The van der Waals surface area contributed by atoms with E-state index in [-0.39, 0.29) is 0 Å². The molecule has 0 spiro atoms. The first-order valence-electron chi connectivity index (χ1n) is 5.89. The molecule has 1 rings (SSSR count). The molecule has 0 saturated carbocycles. The van der Waals surface area contributed by atoms with Crippen LogP contribution in [0.4, 0.5) is 0 Å². The molecule has 1 fully saturated rings. The van der Waals surface area contributed by atoms with Gasteiger partial charge in [-0.2, -0.15) is 0 Å². The van der Waals surface area contributed by atoms with Gasteiger partial charge in [0.05, 0.1) is 13.2 Å². The Hall–Kier alpha value is -0.690. The summed E-state index contributed by atoms with van der Waals surface area (Å²) >= 11 is 0. The van der Waals surface area contributed by atoms with Crippen LogP contribution in [0.25, 0.3) is 0 Å². The van der Waals surface area contributed by atoms with Crippen LogP contribution in [0.5, 0.6) is 0 Å². The fraction of sp³-hybridized carbons (Fsp3) is 0.909. The molecule has 0 aromatic carbocycles. The highest BCUT2D eigenvalue weighted by Gasteiger charge is 2.19. The molecular weight excluding hydrogens is 226 g/mol. The lowest BCUT2D eigenvalue weighted by molar-refractivity contribution is -0.188. The van der Waals surface area contributed by atoms with Gasteiger partial charge in [0.1, 0.15) is 6.61 Å². The molecule has 0 radical (unpaired) electrons. The van der Waals surface area contributed by atoms with E-state index in [1.54, 1.807) is 6.92 Å². The second-order valence-corrected chi connectivity index (χ2v) is 3.64. The Morgan fingerprint density at radius 3 is 2.71 bits per heavy atom. The second-order valence-electron chi connectivity index (χ2n) is 3.64. The van der Waals surface area contributed by atoms with Crippen molar-refractivity contribution >= 4 is 5.97 Å². The predicted octanol–water partition coefficient (Wildman–Crippen LogP) is -0.129. The van der Waals surface area contributed by atoms with Crippen molar-refractivity contribution in [2.24, 2.45) is 0 Å². The standard InChI is InChI=1S/C11H21NO5/c1-3-16-11(14-2)10(13)17-9-6-12-4-7-15-8-5-12/h11H,3-9H2,1-2H3. The minimum atomic E-state index is -0.912. The number of nitrogens with zero attached hydrogens (tertiary/aromatic N) is 1. The van der Waals surface area contributed by atoms with Crippen LogP contribution in [0.3, 0.4) is 0 Å². The first-order chi connectivity index (χ1) is 8.27. The smallest absolute Gasteiger partial charge is 0.363 e. The van der Waals surface area contributed by atoms with E-state index >= 15 is 0 Å². The maximum Gasteiger partial charge on any atom is 0.363 e. The van der Waals surface area contributed by atoms with Crippen molar-refractivity contribution in [2.75, 3.05) is 53.2 Å². The number of esters is 1. The molecule has 0 aromatic rings. The maximum absolute atomic E-state index is 11.5. The van der Waals surface area contributed by atoms with E-state index in [1.807, 2.05) is 0 Å². The Kier molecular flexibility index (Phi) is 7.11. The van der Waals surface area contributed by atoms with Crippen LogP contribution in [0.2, 0.25) is 0 Å². The molecule has 0 N–H and O–H groups in total. The Morgan fingerprint density at radius 1 is 1.41 bits per heavy atom. The summed E-state index contributed by atoms with van der Waals surface area (Å²) in [7, 11) is 1.42. The van der Waals surface area contributed by atoms with Gasteiger partial charge in [-0.3, -0.25) is 4.90 Å². The molecule has 17 heavy (non-hydrogen) atoms. The molecule has 1 saturated heterocycles. The number of morpholine rings is 1. The Morgan fingerprint density at radius 2 is 2.12 bits per heavy atom. The summed E-state index contributed by atoms with van der Waals surface area (Å²) in [5, 5.41) is 0. The van der Waals surface area contributed by atoms with Gasteiger partial charge < -0.3 is 18.9 Å². The quantitative estimate of drug-likeness (QED) is 0.461. The Labute approximate surface area is 102 Å². The minimum absolute atomic E-state index is 0.353. The maximum atomic E-state index is 11.5. The number of rotatable bonds is 7. The largest absolute Gasteiger partial charge is 0.461 e. The molecule has 0 aromatic heterocycles. The average molecular weight is 247 g/mol. The van der Waals surface area contributed by atoms with Crippen molar-refractivity contribution in [3.63, 3.8) is 0 Å². The predicted molar refractivity (Wildman–Crippen MR) is 60.6 cm³/mol. The van der Waals surface area contributed by atoms with Crippen molar-refractivity contribution in [1.82, 2.24) is 4.90 Å². The second kappa shape index (κ2) is 8.41. The molecule has 1 aliphatic heterocycles. The first-order valence-corrected chi connectivity index (χ1v) is 5.89. The lowest BCUT2D eigenvalue weighted by Gasteiger charge is -2.26. The highest BCUT2D eigenvalue weighted by molar-refractivity contribution is 5.73. The van der Waals surface area contributed by atoms with Crippen LogP contribution < -0.4 is 0 Å². The zero-order valence-corrected chi connectivity index (χ0v) is 10.5.